The number of amides is 1. The van der Waals surface area contributed by atoms with E-state index in [1.54, 1.807) is 23.5 Å². The van der Waals surface area contributed by atoms with Crippen molar-refractivity contribution in [1.29, 1.82) is 0 Å². The van der Waals surface area contributed by atoms with E-state index in [1.165, 1.54) is 11.3 Å². The first-order valence-corrected chi connectivity index (χ1v) is 10.5. The van der Waals surface area contributed by atoms with E-state index in [0.717, 1.165) is 33.3 Å². The highest BCUT2D eigenvalue weighted by Crippen LogP contribution is 2.38. The van der Waals surface area contributed by atoms with Crippen LogP contribution in [-0.4, -0.2) is 21.6 Å². The van der Waals surface area contributed by atoms with Gasteiger partial charge in [0.1, 0.15) is 5.15 Å². The van der Waals surface area contributed by atoms with Crippen LogP contribution in [-0.2, 0) is 0 Å². The molecule has 1 aliphatic rings. The standard InChI is InChI=1S/C22H16ClN3O2S/c1-13-4-5-17-15(9-13)10-16(21(23)24-17)19-11-18(14-6-8-29-12-14)25-26(19)22(27)20-3-2-7-28-20/h2-10,12,19H,11H2,1H3. The second-order valence-electron chi connectivity index (χ2n) is 6.97. The zero-order valence-corrected chi connectivity index (χ0v) is 17.1. The van der Waals surface area contributed by atoms with Crippen LogP contribution >= 0.6 is 22.9 Å². The van der Waals surface area contributed by atoms with Gasteiger partial charge in [0.25, 0.3) is 0 Å². The van der Waals surface area contributed by atoms with Crippen molar-refractivity contribution in [2.75, 3.05) is 0 Å². The third-order valence-electron chi connectivity index (χ3n) is 5.01. The van der Waals surface area contributed by atoms with Crippen molar-refractivity contribution in [1.82, 2.24) is 9.99 Å². The number of carbonyl (C=O) groups excluding carboxylic acids is 1. The summed E-state index contributed by atoms with van der Waals surface area (Å²) in [5, 5.41) is 11.5. The molecule has 5 rings (SSSR count). The largest absolute Gasteiger partial charge is 0.459 e. The summed E-state index contributed by atoms with van der Waals surface area (Å²) < 4.78 is 5.33. The number of rotatable bonds is 3. The first-order chi connectivity index (χ1) is 14.1. The Labute approximate surface area is 176 Å². The molecule has 1 atom stereocenters. The Morgan fingerprint density at radius 2 is 2.17 bits per heavy atom. The second-order valence-corrected chi connectivity index (χ2v) is 8.11. The van der Waals surface area contributed by atoms with E-state index in [9.17, 15) is 4.79 Å². The number of hydrazone groups is 1. The molecule has 4 aromatic rings. The number of nitrogens with zero attached hydrogens (tertiary/aromatic N) is 3. The summed E-state index contributed by atoms with van der Waals surface area (Å²) in [6.07, 6.45) is 2.04. The molecule has 4 heterocycles. The van der Waals surface area contributed by atoms with E-state index in [4.69, 9.17) is 16.0 Å². The van der Waals surface area contributed by atoms with Gasteiger partial charge in [-0.1, -0.05) is 23.2 Å². The zero-order chi connectivity index (χ0) is 20.0. The molecule has 1 aromatic carbocycles. The lowest BCUT2D eigenvalue weighted by Crippen LogP contribution is -2.27. The maximum atomic E-state index is 13.1. The average molecular weight is 422 g/mol. The van der Waals surface area contributed by atoms with Gasteiger partial charge < -0.3 is 4.42 Å². The van der Waals surface area contributed by atoms with Gasteiger partial charge in [0.2, 0.25) is 0 Å². The lowest BCUT2D eigenvalue weighted by Gasteiger charge is -2.22. The molecule has 29 heavy (non-hydrogen) atoms. The highest BCUT2D eigenvalue weighted by atomic mass is 35.5. The number of carbonyl (C=O) groups is 1. The van der Waals surface area contributed by atoms with E-state index in [-0.39, 0.29) is 17.7 Å². The number of hydrogen-bond acceptors (Lipinski definition) is 5. The Kier molecular flexibility index (Phi) is 4.45. The molecule has 5 nitrogen and oxygen atoms in total. The van der Waals surface area contributed by atoms with Crippen LogP contribution in [0.25, 0.3) is 10.9 Å². The summed E-state index contributed by atoms with van der Waals surface area (Å²) in [5.41, 5.74) is 4.59. The molecule has 1 amide bonds. The maximum Gasteiger partial charge on any atom is 0.310 e. The molecule has 1 aliphatic heterocycles. The summed E-state index contributed by atoms with van der Waals surface area (Å²) in [4.78, 5) is 17.7. The minimum absolute atomic E-state index is 0.242. The van der Waals surface area contributed by atoms with Crippen LogP contribution in [0.3, 0.4) is 0 Å². The van der Waals surface area contributed by atoms with Gasteiger partial charge in [0.05, 0.1) is 23.5 Å². The van der Waals surface area contributed by atoms with Crippen molar-refractivity contribution >= 4 is 45.5 Å². The van der Waals surface area contributed by atoms with Gasteiger partial charge in [0.15, 0.2) is 5.76 Å². The van der Waals surface area contributed by atoms with Crippen molar-refractivity contribution in [2.45, 2.75) is 19.4 Å². The summed E-state index contributed by atoms with van der Waals surface area (Å²) in [7, 11) is 0. The zero-order valence-electron chi connectivity index (χ0n) is 15.5. The van der Waals surface area contributed by atoms with Crippen LogP contribution in [0, 0.1) is 6.92 Å². The molecular formula is C22H16ClN3O2S. The number of aromatic nitrogens is 1. The topological polar surface area (TPSA) is 58.7 Å². The molecule has 0 spiro atoms. The fourth-order valence-corrected chi connectivity index (χ4v) is 4.52. The average Bonchev–Trinajstić information content (AvgIpc) is 3.48. The molecule has 0 saturated carbocycles. The van der Waals surface area contributed by atoms with Crippen molar-refractivity contribution in [3.05, 3.63) is 87.1 Å². The molecule has 0 bridgehead atoms. The number of furan rings is 1. The number of halogens is 1. The second kappa shape index (κ2) is 7.13. The third-order valence-corrected chi connectivity index (χ3v) is 6.00. The van der Waals surface area contributed by atoms with E-state index < -0.39 is 0 Å². The smallest absolute Gasteiger partial charge is 0.310 e. The number of thiophene rings is 1. The minimum Gasteiger partial charge on any atom is -0.459 e. The van der Waals surface area contributed by atoms with Crippen molar-refractivity contribution in [3.8, 4) is 0 Å². The summed E-state index contributed by atoms with van der Waals surface area (Å²) in [6, 6.07) is 13.0. The molecule has 0 radical (unpaired) electrons. The van der Waals surface area contributed by atoms with Crippen LogP contribution in [0.15, 0.2) is 69.0 Å². The SMILES string of the molecule is Cc1ccc2nc(Cl)c(C3CC(c4ccsc4)=NN3C(=O)c3ccco3)cc2c1. The number of pyridine rings is 1. The van der Waals surface area contributed by atoms with Crippen LogP contribution in [0.4, 0.5) is 0 Å². The predicted molar refractivity (Wildman–Crippen MR) is 115 cm³/mol. The molecule has 0 N–H and O–H groups in total. The van der Waals surface area contributed by atoms with E-state index >= 15 is 0 Å². The van der Waals surface area contributed by atoms with Crippen molar-refractivity contribution in [3.63, 3.8) is 0 Å². The summed E-state index contributed by atoms with van der Waals surface area (Å²) in [5.74, 6) is -0.0586. The first kappa shape index (κ1) is 18.1. The number of hydrogen-bond donors (Lipinski definition) is 0. The van der Waals surface area contributed by atoms with E-state index in [2.05, 4.69) is 16.2 Å². The predicted octanol–water partition coefficient (Wildman–Crippen LogP) is 5.84. The van der Waals surface area contributed by atoms with Gasteiger partial charge in [-0.2, -0.15) is 16.4 Å². The molecule has 0 aliphatic carbocycles. The van der Waals surface area contributed by atoms with Crippen LogP contribution in [0.5, 0.6) is 0 Å². The molecule has 144 valence electrons. The summed E-state index contributed by atoms with van der Waals surface area (Å²) in [6.45, 7) is 2.04. The fraction of sp³-hybridized carbons (Fsp3) is 0.136. The molecule has 1 unspecified atom stereocenters. The molecule has 0 fully saturated rings. The van der Waals surface area contributed by atoms with Crippen LogP contribution < -0.4 is 0 Å². The van der Waals surface area contributed by atoms with E-state index in [1.807, 2.05) is 41.9 Å². The quantitative estimate of drug-likeness (QED) is 0.390. The lowest BCUT2D eigenvalue weighted by molar-refractivity contribution is 0.0678. The van der Waals surface area contributed by atoms with Gasteiger partial charge in [-0.25, -0.2) is 9.99 Å². The third kappa shape index (κ3) is 3.24. The number of benzene rings is 1. The Hall–Kier alpha value is -2.96. The molecule has 7 heteroatoms. The number of fused-ring (bicyclic) bond motifs is 1. The lowest BCUT2D eigenvalue weighted by atomic mass is 9.99. The Bertz CT molecular complexity index is 1230. The Morgan fingerprint density at radius 1 is 1.28 bits per heavy atom. The number of aryl methyl sites for hydroxylation is 1. The van der Waals surface area contributed by atoms with Gasteiger partial charge in [-0.15, -0.1) is 0 Å². The van der Waals surface area contributed by atoms with Gasteiger partial charge in [0, 0.05) is 22.9 Å². The first-order valence-electron chi connectivity index (χ1n) is 9.14. The van der Waals surface area contributed by atoms with Gasteiger partial charge in [-0.05, 0) is 54.1 Å². The van der Waals surface area contributed by atoms with Gasteiger partial charge in [-0.3, -0.25) is 4.79 Å². The van der Waals surface area contributed by atoms with Gasteiger partial charge >= 0.3 is 5.91 Å². The van der Waals surface area contributed by atoms with Crippen LogP contribution in [0.2, 0.25) is 5.15 Å². The Morgan fingerprint density at radius 3 is 2.93 bits per heavy atom. The highest BCUT2D eigenvalue weighted by Gasteiger charge is 2.36. The monoisotopic (exact) mass is 421 g/mol. The van der Waals surface area contributed by atoms with Crippen molar-refractivity contribution < 1.29 is 9.21 Å². The maximum absolute atomic E-state index is 13.1. The molecular weight excluding hydrogens is 406 g/mol. The molecule has 3 aromatic heterocycles. The normalized spacial score (nSPS) is 16.4. The van der Waals surface area contributed by atoms with Crippen LogP contribution in [0.1, 0.15) is 39.7 Å². The van der Waals surface area contributed by atoms with Crippen molar-refractivity contribution in [2.24, 2.45) is 5.10 Å². The highest BCUT2D eigenvalue weighted by molar-refractivity contribution is 7.08. The fourth-order valence-electron chi connectivity index (χ4n) is 3.58. The minimum atomic E-state index is -0.354. The van der Waals surface area contributed by atoms with E-state index in [0.29, 0.717) is 11.6 Å². The Balaban J connectivity index is 1.61. The summed E-state index contributed by atoms with van der Waals surface area (Å²) >= 11 is 8.17. The molecule has 0 saturated heterocycles.